The number of rotatable bonds is 8. The summed E-state index contributed by atoms with van der Waals surface area (Å²) in [7, 11) is 0. The molecule has 2 aliphatic carbocycles. The van der Waals surface area contributed by atoms with Gasteiger partial charge in [-0.2, -0.15) is 0 Å². The van der Waals surface area contributed by atoms with Crippen LogP contribution in [0.1, 0.15) is 62.5 Å². The normalized spacial score (nSPS) is 17.2. The number of carboxylic acids is 1. The first-order chi connectivity index (χ1) is 16.4. The molecule has 1 fully saturated rings. The van der Waals surface area contributed by atoms with Crippen molar-refractivity contribution in [1.29, 1.82) is 0 Å². The van der Waals surface area contributed by atoms with Crippen molar-refractivity contribution in [2.45, 2.75) is 57.4 Å². The Balaban J connectivity index is 1.34. The Morgan fingerprint density at radius 2 is 1.59 bits per heavy atom. The minimum absolute atomic E-state index is 0.0613. The van der Waals surface area contributed by atoms with Gasteiger partial charge in [-0.3, -0.25) is 9.59 Å². The first kappa shape index (κ1) is 23.8. The van der Waals surface area contributed by atoms with E-state index in [2.05, 4.69) is 22.8 Å². The van der Waals surface area contributed by atoms with E-state index in [1.807, 2.05) is 36.4 Å². The molecule has 7 heteroatoms. The van der Waals surface area contributed by atoms with Gasteiger partial charge in [-0.15, -0.1) is 0 Å². The molecule has 0 saturated heterocycles. The number of alkyl carbamates (subject to hydrolysis) is 1. The zero-order valence-electron chi connectivity index (χ0n) is 19.5. The van der Waals surface area contributed by atoms with E-state index in [-0.39, 0.29) is 25.0 Å². The molecule has 1 saturated carbocycles. The molecule has 3 N–H and O–H groups in total. The number of carbonyl (C=O) groups excluding carboxylic acids is 2. The number of carbonyl (C=O) groups is 3. The van der Waals surface area contributed by atoms with Crippen molar-refractivity contribution in [3.8, 4) is 11.1 Å². The van der Waals surface area contributed by atoms with Crippen molar-refractivity contribution in [3.05, 3.63) is 59.7 Å². The average Bonchev–Trinajstić information content (AvgIpc) is 3.18. The van der Waals surface area contributed by atoms with Crippen LogP contribution in [0.2, 0.25) is 0 Å². The highest BCUT2D eigenvalue weighted by Crippen LogP contribution is 2.44. The van der Waals surface area contributed by atoms with Crippen LogP contribution >= 0.6 is 0 Å². The molecule has 1 atom stereocenters. The Hall–Kier alpha value is -3.35. The topological polar surface area (TPSA) is 105 Å². The number of benzene rings is 2. The minimum Gasteiger partial charge on any atom is -0.481 e. The number of amides is 2. The molecular formula is C27H32N2O5. The third kappa shape index (κ3) is 4.79. The van der Waals surface area contributed by atoms with Gasteiger partial charge < -0.3 is 20.5 Å². The molecule has 4 rings (SSSR count). The van der Waals surface area contributed by atoms with E-state index in [1.54, 1.807) is 6.92 Å². The molecular weight excluding hydrogens is 432 g/mol. The van der Waals surface area contributed by atoms with Crippen LogP contribution in [0.25, 0.3) is 11.1 Å². The van der Waals surface area contributed by atoms with Crippen LogP contribution < -0.4 is 10.6 Å². The number of fused-ring (bicyclic) bond motifs is 3. The Labute approximate surface area is 199 Å². The van der Waals surface area contributed by atoms with E-state index in [4.69, 9.17) is 4.74 Å². The maximum Gasteiger partial charge on any atom is 0.407 e. The quantitative estimate of drug-likeness (QED) is 0.535. The van der Waals surface area contributed by atoms with Gasteiger partial charge >= 0.3 is 12.1 Å². The summed E-state index contributed by atoms with van der Waals surface area (Å²) in [5, 5.41) is 15.1. The molecule has 7 nitrogen and oxygen atoms in total. The van der Waals surface area contributed by atoms with Crippen LogP contribution in [0, 0.1) is 5.41 Å². The smallest absolute Gasteiger partial charge is 0.407 e. The fourth-order valence-corrected chi connectivity index (χ4v) is 5.21. The van der Waals surface area contributed by atoms with Crippen LogP contribution in [0.3, 0.4) is 0 Å². The molecule has 0 bridgehead atoms. The van der Waals surface area contributed by atoms with Gasteiger partial charge in [0.1, 0.15) is 12.6 Å². The zero-order valence-corrected chi connectivity index (χ0v) is 19.5. The maximum atomic E-state index is 12.7. The number of aliphatic carboxylic acids is 1. The second kappa shape index (κ2) is 10.3. The fourth-order valence-electron chi connectivity index (χ4n) is 5.21. The summed E-state index contributed by atoms with van der Waals surface area (Å²) in [6.45, 7) is 2.03. The molecule has 180 valence electrons. The van der Waals surface area contributed by atoms with E-state index in [9.17, 15) is 19.5 Å². The molecule has 2 aromatic carbocycles. The summed E-state index contributed by atoms with van der Waals surface area (Å²) in [4.78, 5) is 37.1. The lowest BCUT2D eigenvalue weighted by atomic mass is 9.74. The lowest BCUT2D eigenvalue weighted by Gasteiger charge is -2.33. The highest BCUT2D eigenvalue weighted by molar-refractivity contribution is 5.86. The summed E-state index contributed by atoms with van der Waals surface area (Å²) < 4.78 is 5.55. The first-order valence-electron chi connectivity index (χ1n) is 12.1. The summed E-state index contributed by atoms with van der Waals surface area (Å²) in [6, 6.07) is 15.4. The van der Waals surface area contributed by atoms with Gasteiger partial charge in [-0.25, -0.2) is 4.79 Å². The highest BCUT2D eigenvalue weighted by Gasteiger charge is 2.40. The number of ether oxygens (including phenoxy) is 1. The zero-order chi connectivity index (χ0) is 24.1. The molecule has 2 amide bonds. The second-order valence-electron chi connectivity index (χ2n) is 9.29. The van der Waals surface area contributed by atoms with Crippen LogP contribution in [0.15, 0.2) is 48.5 Å². The molecule has 1 unspecified atom stereocenters. The lowest BCUT2D eigenvalue weighted by molar-refractivity contribution is -0.151. The van der Waals surface area contributed by atoms with E-state index in [0.717, 1.165) is 41.5 Å². The SMILES string of the molecule is CCC(NC(=O)OCC1c2ccccc2-c2ccccc21)C(=O)NCC1(C(=O)O)CCCCC1. The van der Waals surface area contributed by atoms with Gasteiger partial charge in [0.05, 0.1) is 5.41 Å². The number of carboxylic acid groups (broad SMARTS) is 1. The standard InChI is InChI=1S/C27H32N2O5/c1-2-23(24(30)28-17-27(25(31)32)14-8-3-9-15-27)29-26(33)34-16-22-20-12-6-4-10-18(20)19-11-5-7-13-21(19)22/h4-7,10-13,22-23H,2-3,8-9,14-17H2,1H3,(H,28,30)(H,29,33)(H,31,32). The van der Waals surface area contributed by atoms with Crippen LogP contribution in [0.4, 0.5) is 4.79 Å². The highest BCUT2D eigenvalue weighted by atomic mass is 16.5. The summed E-state index contributed by atoms with van der Waals surface area (Å²) in [5.41, 5.74) is 3.61. The monoisotopic (exact) mass is 464 g/mol. The third-order valence-corrected chi connectivity index (χ3v) is 7.23. The molecule has 2 aliphatic rings. The number of nitrogens with one attached hydrogen (secondary N) is 2. The van der Waals surface area contributed by atoms with Crippen molar-refractivity contribution < 1.29 is 24.2 Å². The Morgan fingerprint density at radius 1 is 1.00 bits per heavy atom. The second-order valence-corrected chi connectivity index (χ2v) is 9.29. The fraction of sp³-hybridized carbons (Fsp3) is 0.444. The van der Waals surface area contributed by atoms with Crippen LogP contribution in [-0.4, -0.2) is 42.3 Å². The largest absolute Gasteiger partial charge is 0.481 e. The first-order valence-corrected chi connectivity index (χ1v) is 12.1. The maximum absolute atomic E-state index is 12.7. The Kier molecular flexibility index (Phi) is 7.20. The van der Waals surface area contributed by atoms with Gasteiger partial charge in [0.2, 0.25) is 5.91 Å². The van der Waals surface area contributed by atoms with Gasteiger partial charge in [-0.05, 0) is 41.5 Å². The van der Waals surface area contributed by atoms with Crippen molar-refractivity contribution in [1.82, 2.24) is 10.6 Å². The van der Waals surface area contributed by atoms with Crippen molar-refractivity contribution in [2.24, 2.45) is 5.41 Å². The lowest BCUT2D eigenvalue weighted by Crippen LogP contribution is -2.51. The van der Waals surface area contributed by atoms with E-state index >= 15 is 0 Å². The Morgan fingerprint density at radius 3 is 2.15 bits per heavy atom. The van der Waals surface area contributed by atoms with E-state index in [1.165, 1.54) is 0 Å². The predicted molar refractivity (Wildman–Crippen MR) is 128 cm³/mol. The molecule has 34 heavy (non-hydrogen) atoms. The summed E-state index contributed by atoms with van der Waals surface area (Å²) >= 11 is 0. The molecule has 0 aromatic heterocycles. The third-order valence-electron chi connectivity index (χ3n) is 7.23. The average molecular weight is 465 g/mol. The van der Waals surface area contributed by atoms with Gasteiger partial charge in [0.15, 0.2) is 0 Å². The molecule has 0 aliphatic heterocycles. The van der Waals surface area contributed by atoms with Gasteiger partial charge in [-0.1, -0.05) is 74.7 Å². The van der Waals surface area contributed by atoms with Crippen molar-refractivity contribution in [2.75, 3.05) is 13.2 Å². The molecule has 0 spiro atoms. The number of hydrogen-bond donors (Lipinski definition) is 3. The van der Waals surface area contributed by atoms with Gasteiger partial charge in [0.25, 0.3) is 0 Å². The van der Waals surface area contributed by atoms with Crippen molar-refractivity contribution in [3.63, 3.8) is 0 Å². The minimum atomic E-state index is -0.921. The predicted octanol–water partition coefficient (Wildman–Crippen LogP) is 4.46. The summed E-state index contributed by atoms with van der Waals surface area (Å²) in [6.07, 6.45) is 3.53. The van der Waals surface area contributed by atoms with Crippen molar-refractivity contribution >= 4 is 18.0 Å². The van der Waals surface area contributed by atoms with Crippen LogP contribution in [0.5, 0.6) is 0 Å². The molecule has 2 aromatic rings. The van der Waals surface area contributed by atoms with E-state index < -0.39 is 23.5 Å². The molecule has 0 radical (unpaired) electrons. The Bertz CT molecular complexity index is 1010. The van der Waals surface area contributed by atoms with Gasteiger partial charge in [0, 0.05) is 12.5 Å². The van der Waals surface area contributed by atoms with E-state index in [0.29, 0.717) is 19.3 Å². The summed E-state index contributed by atoms with van der Waals surface area (Å²) in [5.74, 6) is -1.32. The molecule has 0 heterocycles. The number of hydrogen-bond acceptors (Lipinski definition) is 4. The van der Waals surface area contributed by atoms with Crippen LogP contribution in [-0.2, 0) is 14.3 Å².